The second-order valence-corrected chi connectivity index (χ2v) is 5.37. The summed E-state index contributed by atoms with van der Waals surface area (Å²) in [6, 6.07) is -0.191. The molecule has 130 valence electrons. The number of hydrogen-bond donors (Lipinski definition) is 2. The van der Waals surface area contributed by atoms with E-state index in [0.717, 1.165) is 19.3 Å². The number of hydrogen-bond acceptors (Lipinski definition) is 3. The Kier molecular flexibility index (Phi) is 8.77. The first kappa shape index (κ1) is 21.0. The summed E-state index contributed by atoms with van der Waals surface area (Å²) in [6.45, 7) is 0.805. The third kappa shape index (κ3) is 6.83. The molecule has 1 aliphatic heterocycles. The molecular formula is C13H23ClF3N3O2. The van der Waals surface area contributed by atoms with Crippen molar-refractivity contribution in [3.63, 3.8) is 0 Å². The standard InChI is InChI=1S/C13H22F3N3O2.ClH/c1-2-3-4-10(6-17)18-12(21)9-5-11(20)19(7-9)8-13(14,15)16;/h9-10H,2-8,17H2,1H3,(H,18,21);1H. The molecule has 1 rings (SSSR count). The number of carbonyl (C=O) groups excluding carboxylic acids is 2. The van der Waals surface area contributed by atoms with E-state index >= 15 is 0 Å². The van der Waals surface area contributed by atoms with E-state index in [1.165, 1.54) is 0 Å². The fraction of sp³-hybridized carbons (Fsp3) is 0.846. The molecule has 3 N–H and O–H groups in total. The predicted molar refractivity (Wildman–Crippen MR) is 78.5 cm³/mol. The van der Waals surface area contributed by atoms with Crippen molar-refractivity contribution in [1.29, 1.82) is 0 Å². The Morgan fingerprint density at radius 3 is 2.64 bits per heavy atom. The molecule has 0 radical (unpaired) electrons. The summed E-state index contributed by atoms with van der Waals surface area (Å²) in [4.78, 5) is 24.2. The summed E-state index contributed by atoms with van der Waals surface area (Å²) in [7, 11) is 0. The lowest BCUT2D eigenvalue weighted by Crippen LogP contribution is -2.44. The summed E-state index contributed by atoms with van der Waals surface area (Å²) in [5.41, 5.74) is 5.56. The highest BCUT2D eigenvalue weighted by Crippen LogP contribution is 2.24. The Morgan fingerprint density at radius 2 is 2.14 bits per heavy atom. The zero-order valence-electron chi connectivity index (χ0n) is 12.5. The summed E-state index contributed by atoms with van der Waals surface area (Å²) < 4.78 is 36.9. The molecule has 2 atom stereocenters. The van der Waals surface area contributed by atoms with Gasteiger partial charge in [-0.05, 0) is 6.42 Å². The zero-order chi connectivity index (χ0) is 16.0. The average Bonchev–Trinajstić information content (AvgIpc) is 2.73. The Balaban J connectivity index is 0.00000441. The van der Waals surface area contributed by atoms with Crippen LogP contribution in [0, 0.1) is 5.92 Å². The lowest BCUT2D eigenvalue weighted by atomic mass is 10.1. The zero-order valence-corrected chi connectivity index (χ0v) is 13.3. The molecule has 0 aromatic carbocycles. The van der Waals surface area contributed by atoms with Crippen LogP contribution in [0.25, 0.3) is 0 Å². The maximum atomic E-state index is 12.3. The van der Waals surface area contributed by atoms with Gasteiger partial charge in [0.15, 0.2) is 0 Å². The molecule has 1 aliphatic rings. The summed E-state index contributed by atoms with van der Waals surface area (Å²) in [6.07, 6.45) is -2.01. The number of alkyl halides is 3. The van der Waals surface area contributed by atoms with Crippen molar-refractivity contribution >= 4 is 24.2 Å². The van der Waals surface area contributed by atoms with E-state index in [4.69, 9.17) is 5.73 Å². The second kappa shape index (κ2) is 9.19. The van der Waals surface area contributed by atoms with Crippen LogP contribution in [0.15, 0.2) is 0 Å². The van der Waals surface area contributed by atoms with Gasteiger partial charge in [0, 0.05) is 25.6 Å². The van der Waals surface area contributed by atoms with Gasteiger partial charge in [0.2, 0.25) is 11.8 Å². The first-order valence-corrected chi connectivity index (χ1v) is 7.11. The predicted octanol–water partition coefficient (Wildman–Crippen LogP) is 1.45. The molecule has 9 heteroatoms. The fourth-order valence-electron chi connectivity index (χ4n) is 2.34. The lowest BCUT2D eigenvalue weighted by molar-refractivity contribution is -0.157. The van der Waals surface area contributed by atoms with Crippen molar-refractivity contribution in [3.05, 3.63) is 0 Å². The Bertz CT molecular complexity index is 380. The van der Waals surface area contributed by atoms with Crippen molar-refractivity contribution in [1.82, 2.24) is 10.2 Å². The van der Waals surface area contributed by atoms with Gasteiger partial charge in [0.05, 0.1) is 5.92 Å². The van der Waals surface area contributed by atoms with Crippen LogP contribution >= 0.6 is 12.4 Å². The maximum Gasteiger partial charge on any atom is 0.406 e. The normalized spacial score (nSPS) is 19.8. The van der Waals surface area contributed by atoms with E-state index in [0.29, 0.717) is 4.90 Å². The number of halogens is 4. The Morgan fingerprint density at radius 1 is 1.50 bits per heavy atom. The van der Waals surface area contributed by atoms with Gasteiger partial charge in [0.1, 0.15) is 6.54 Å². The van der Waals surface area contributed by atoms with Gasteiger partial charge in [0.25, 0.3) is 0 Å². The van der Waals surface area contributed by atoms with Gasteiger partial charge in [-0.2, -0.15) is 13.2 Å². The highest BCUT2D eigenvalue weighted by molar-refractivity contribution is 5.89. The van der Waals surface area contributed by atoms with E-state index < -0.39 is 24.5 Å². The minimum Gasteiger partial charge on any atom is -0.352 e. The van der Waals surface area contributed by atoms with Crippen molar-refractivity contribution < 1.29 is 22.8 Å². The van der Waals surface area contributed by atoms with Crippen LogP contribution in [0.4, 0.5) is 13.2 Å². The molecule has 0 bridgehead atoms. The third-order valence-electron chi connectivity index (χ3n) is 3.49. The van der Waals surface area contributed by atoms with E-state index in [-0.39, 0.29) is 43.9 Å². The van der Waals surface area contributed by atoms with Crippen molar-refractivity contribution in [3.8, 4) is 0 Å². The number of unbranched alkanes of at least 4 members (excludes halogenated alkanes) is 1. The molecule has 2 amide bonds. The molecule has 0 aromatic heterocycles. The van der Waals surface area contributed by atoms with Gasteiger partial charge in [-0.25, -0.2) is 0 Å². The molecule has 2 unspecified atom stereocenters. The molecule has 0 aliphatic carbocycles. The van der Waals surface area contributed by atoms with Crippen molar-refractivity contribution in [2.75, 3.05) is 19.6 Å². The number of nitrogens with one attached hydrogen (secondary N) is 1. The first-order valence-electron chi connectivity index (χ1n) is 7.11. The first-order chi connectivity index (χ1) is 9.76. The Labute approximate surface area is 134 Å². The number of likely N-dealkylation sites (tertiary alicyclic amines) is 1. The monoisotopic (exact) mass is 345 g/mol. The van der Waals surface area contributed by atoms with E-state index in [2.05, 4.69) is 5.32 Å². The van der Waals surface area contributed by atoms with Crippen LogP contribution in [0.2, 0.25) is 0 Å². The summed E-state index contributed by atoms with van der Waals surface area (Å²) >= 11 is 0. The molecule has 1 fully saturated rings. The van der Waals surface area contributed by atoms with Gasteiger partial charge in [-0.1, -0.05) is 19.8 Å². The van der Waals surface area contributed by atoms with Crippen LogP contribution in [0.1, 0.15) is 32.6 Å². The topological polar surface area (TPSA) is 75.4 Å². The van der Waals surface area contributed by atoms with E-state index in [1.54, 1.807) is 0 Å². The van der Waals surface area contributed by atoms with E-state index in [9.17, 15) is 22.8 Å². The average molecular weight is 346 g/mol. The number of nitrogens with two attached hydrogens (primary N) is 1. The molecule has 1 heterocycles. The highest BCUT2D eigenvalue weighted by atomic mass is 35.5. The minimum absolute atomic E-state index is 0. The summed E-state index contributed by atoms with van der Waals surface area (Å²) in [5, 5.41) is 2.72. The van der Waals surface area contributed by atoms with Crippen LogP contribution in [0.3, 0.4) is 0 Å². The second-order valence-electron chi connectivity index (χ2n) is 5.37. The van der Waals surface area contributed by atoms with Crippen molar-refractivity contribution in [2.45, 2.75) is 44.8 Å². The molecule has 0 saturated carbocycles. The minimum atomic E-state index is -4.44. The van der Waals surface area contributed by atoms with Crippen LogP contribution in [-0.4, -0.2) is 48.6 Å². The number of amides is 2. The number of nitrogens with zero attached hydrogens (tertiary/aromatic N) is 1. The smallest absolute Gasteiger partial charge is 0.352 e. The van der Waals surface area contributed by atoms with Crippen LogP contribution < -0.4 is 11.1 Å². The molecular weight excluding hydrogens is 323 g/mol. The Hall–Kier alpha value is -1.02. The maximum absolute atomic E-state index is 12.3. The van der Waals surface area contributed by atoms with Crippen LogP contribution in [0.5, 0.6) is 0 Å². The lowest BCUT2D eigenvalue weighted by Gasteiger charge is -2.20. The van der Waals surface area contributed by atoms with Gasteiger partial charge < -0.3 is 16.0 Å². The van der Waals surface area contributed by atoms with Crippen molar-refractivity contribution in [2.24, 2.45) is 11.7 Å². The molecule has 5 nitrogen and oxygen atoms in total. The molecule has 22 heavy (non-hydrogen) atoms. The molecule has 1 saturated heterocycles. The van der Waals surface area contributed by atoms with Crippen LogP contribution in [-0.2, 0) is 9.59 Å². The third-order valence-corrected chi connectivity index (χ3v) is 3.49. The van der Waals surface area contributed by atoms with Gasteiger partial charge in [-0.15, -0.1) is 12.4 Å². The highest BCUT2D eigenvalue weighted by Gasteiger charge is 2.40. The fourth-order valence-corrected chi connectivity index (χ4v) is 2.34. The number of rotatable bonds is 7. The summed E-state index contributed by atoms with van der Waals surface area (Å²) in [5.74, 6) is -1.75. The quantitative estimate of drug-likeness (QED) is 0.733. The molecule has 0 aromatic rings. The number of carbonyl (C=O) groups is 2. The SMILES string of the molecule is CCCCC(CN)NC(=O)C1CC(=O)N(CC(F)(F)F)C1.Cl. The van der Waals surface area contributed by atoms with Gasteiger partial charge >= 0.3 is 6.18 Å². The molecule has 0 spiro atoms. The van der Waals surface area contributed by atoms with Gasteiger partial charge in [-0.3, -0.25) is 9.59 Å². The largest absolute Gasteiger partial charge is 0.406 e. The van der Waals surface area contributed by atoms with E-state index in [1.807, 2.05) is 6.92 Å².